The van der Waals surface area contributed by atoms with Gasteiger partial charge in [0, 0.05) is 26.1 Å². The average molecular weight is 455 g/mol. The van der Waals surface area contributed by atoms with Crippen LogP contribution in [0.15, 0.2) is 29.5 Å². The third-order valence-corrected chi connectivity index (χ3v) is 5.98. The summed E-state index contributed by atoms with van der Waals surface area (Å²) in [6.07, 6.45) is 1.87. The number of amides is 3. The molecule has 0 spiro atoms. The largest absolute Gasteiger partial charge is 0.442 e. The summed E-state index contributed by atoms with van der Waals surface area (Å²) >= 11 is 0. The van der Waals surface area contributed by atoms with Gasteiger partial charge in [-0.15, -0.1) is 0 Å². The van der Waals surface area contributed by atoms with Crippen molar-refractivity contribution in [2.75, 3.05) is 36.0 Å². The lowest BCUT2D eigenvalue weighted by Crippen LogP contribution is -2.34. The van der Waals surface area contributed by atoms with Gasteiger partial charge in [-0.05, 0) is 43.9 Å². The molecule has 0 bridgehead atoms. The van der Waals surface area contributed by atoms with Crippen molar-refractivity contribution in [2.24, 2.45) is 0 Å². The molecule has 1 aromatic carbocycles. The van der Waals surface area contributed by atoms with Crippen LogP contribution in [-0.4, -0.2) is 56.2 Å². The summed E-state index contributed by atoms with van der Waals surface area (Å²) < 4.78 is 20.2. The Hall–Kier alpha value is -3.61. The summed E-state index contributed by atoms with van der Waals surface area (Å²) in [5.74, 6) is -0.984. The highest BCUT2D eigenvalue weighted by Gasteiger charge is 2.33. The molecular weight excluding hydrogens is 429 g/mol. The Morgan fingerprint density at radius 1 is 1.27 bits per heavy atom. The predicted octanol–water partition coefficient (Wildman–Crippen LogP) is 2.34. The fraction of sp³-hybridized carbons (Fsp3) is 0.478. The van der Waals surface area contributed by atoms with E-state index >= 15 is 0 Å². The topological polar surface area (TPSA) is 95.3 Å². The fourth-order valence-electron chi connectivity index (χ4n) is 4.04. The summed E-state index contributed by atoms with van der Waals surface area (Å²) in [7, 11) is 0. The minimum Gasteiger partial charge on any atom is -0.442 e. The third-order valence-electron chi connectivity index (χ3n) is 5.98. The zero-order valence-corrected chi connectivity index (χ0v) is 18.4. The smallest absolute Gasteiger partial charge is 0.414 e. The summed E-state index contributed by atoms with van der Waals surface area (Å²) in [4.78, 5) is 42.2. The fourth-order valence-corrected chi connectivity index (χ4v) is 4.04. The predicted molar refractivity (Wildman–Crippen MR) is 119 cm³/mol. The van der Waals surface area contributed by atoms with Crippen molar-refractivity contribution < 1.29 is 23.5 Å². The van der Waals surface area contributed by atoms with Crippen molar-refractivity contribution in [1.29, 1.82) is 0 Å². The summed E-state index contributed by atoms with van der Waals surface area (Å²) in [6.45, 7) is 10.2. The van der Waals surface area contributed by atoms with Crippen LogP contribution in [0.25, 0.3) is 4.85 Å². The number of carbonyl (C=O) groups is 3. The number of nitrogens with one attached hydrogen (secondary N) is 2. The average Bonchev–Trinajstić information content (AvgIpc) is 3.52. The van der Waals surface area contributed by atoms with Crippen molar-refractivity contribution in [3.05, 3.63) is 46.7 Å². The molecule has 3 fully saturated rings. The van der Waals surface area contributed by atoms with E-state index in [9.17, 15) is 18.8 Å². The molecule has 3 aliphatic rings. The number of piperidine rings is 1. The van der Waals surface area contributed by atoms with Crippen LogP contribution in [0.2, 0.25) is 0 Å². The van der Waals surface area contributed by atoms with Gasteiger partial charge in [-0.25, -0.2) is 14.0 Å². The van der Waals surface area contributed by atoms with E-state index in [4.69, 9.17) is 11.3 Å². The monoisotopic (exact) mass is 455 g/mol. The molecule has 4 rings (SSSR count). The Morgan fingerprint density at radius 2 is 2.00 bits per heavy atom. The van der Waals surface area contributed by atoms with Crippen molar-refractivity contribution in [1.82, 2.24) is 10.6 Å². The molecule has 9 nitrogen and oxygen atoms in total. The van der Waals surface area contributed by atoms with Gasteiger partial charge < -0.3 is 20.3 Å². The maximum absolute atomic E-state index is 15.0. The van der Waals surface area contributed by atoms with Gasteiger partial charge in [0.1, 0.15) is 11.9 Å². The van der Waals surface area contributed by atoms with Crippen LogP contribution in [0.4, 0.5) is 20.6 Å². The first-order valence-electron chi connectivity index (χ1n) is 11.0. The normalized spacial score (nSPS) is 20.2. The van der Waals surface area contributed by atoms with Gasteiger partial charge in [0.05, 0.1) is 31.0 Å². The van der Waals surface area contributed by atoms with Gasteiger partial charge in [0.15, 0.2) is 0 Å². The molecule has 1 saturated carbocycles. The Balaban J connectivity index is 1.39. The molecule has 0 aromatic heterocycles. The van der Waals surface area contributed by atoms with E-state index in [0.29, 0.717) is 37.3 Å². The van der Waals surface area contributed by atoms with Crippen LogP contribution < -0.4 is 20.4 Å². The van der Waals surface area contributed by atoms with Crippen molar-refractivity contribution in [2.45, 2.75) is 44.8 Å². The molecule has 1 aliphatic carbocycles. The van der Waals surface area contributed by atoms with Gasteiger partial charge in [0.25, 0.3) is 0 Å². The molecule has 1 aromatic rings. The number of benzene rings is 1. The zero-order chi connectivity index (χ0) is 23.5. The third kappa shape index (κ3) is 5.25. The Bertz CT molecular complexity index is 1040. The second-order valence-corrected chi connectivity index (χ2v) is 8.49. The number of nitrogens with zero attached hydrogens (tertiary/aromatic N) is 3. The molecule has 3 amide bonds. The first-order chi connectivity index (χ1) is 15.9. The lowest BCUT2D eigenvalue weighted by molar-refractivity contribution is -0.119. The number of ether oxygens (including phenoxy) is 1. The summed E-state index contributed by atoms with van der Waals surface area (Å²) in [5, 5.41) is 5.47. The van der Waals surface area contributed by atoms with E-state index in [2.05, 4.69) is 15.5 Å². The SMILES string of the molecule is [C-]#[N+]C(C(=O)NC1CC1)=C1CCN(c2ccc(N3C[C@H](CNC(C)=O)OC3=O)cc2F)CC1. The summed E-state index contributed by atoms with van der Waals surface area (Å²) in [5.41, 5.74) is 1.77. The minimum atomic E-state index is -0.582. The van der Waals surface area contributed by atoms with Gasteiger partial charge in [-0.2, -0.15) is 0 Å². The second-order valence-electron chi connectivity index (χ2n) is 8.49. The zero-order valence-electron chi connectivity index (χ0n) is 18.4. The van der Waals surface area contributed by atoms with E-state index in [1.165, 1.54) is 17.9 Å². The van der Waals surface area contributed by atoms with Crippen molar-refractivity contribution in [3.8, 4) is 0 Å². The standard InChI is InChI=1S/C23H26FN5O4/c1-14(30)26-12-18-13-29(23(32)33-18)17-5-6-20(19(24)11-17)28-9-7-15(8-10-28)21(25-2)22(31)27-16-3-4-16/h5-6,11,16,18H,3-4,7-10,12-13H2,1H3,(H,26,30)(H,27,31)/t18-/m0/s1. The maximum atomic E-state index is 15.0. The quantitative estimate of drug-likeness (QED) is 0.507. The first-order valence-corrected chi connectivity index (χ1v) is 11.0. The van der Waals surface area contributed by atoms with E-state index in [1.54, 1.807) is 12.1 Å². The number of hydrogen-bond acceptors (Lipinski definition) is 5. The van der Waals surface area contributed by atoms with Crippen LogP contribution >= 0.6 is 0 Å². The molecule has 2 aliphatic heterocycles. The maximum Gasteiger partial charge on any atom is 0.414 e. The molecule has 2 saturated heterocycles. The highest BCUT2D eigenvalue weighted by molar-refractivity contribution is 5.96. The van der Waals surface area contributed by atoms with E-state index in [1.807, 2.05) is 4.90 Å². The lowest BCUT2D eigenvalue weighted by atomic mass is 10.0. The van der Waals surface area contributed by atoms with Gasteiger partial charge in [-0.1, -0.05) is 5.57 Å². The van der Waals surface area contributed by atoms with Crippen LogP contribution in [0, 0.1) is 12.4 Å². The number of rotatable bonds is 6. The van der Waals surface area contributed by atoms with Gasteiger partial charge in [0.2, 0.25) is 17.5 Å². The Kier molecular flexibility index (Phi) is 6.49. The van der Waals surface area contributed by atoms with Crippen LogP contribution in [0.3, 0.4) is 0 Å². The molecule has 174 valence electrons. The molecule has 0 unspecified atom stereocenters. The number of carbonyl (C=O) groups excluding carboxylic acids is 3. The molecule has 33 heavy (non-hydrogen) atoms. The van der Waals surface area contributed by atoms with Crippen molar-refractivity contribution >= 4 is 29.3 Å². The number of hydrogen-bond donors (Lipinski definition) is 2. The number of cyclic esters (lactones) is 1. The summed E-state index contributed by atoms with van der Waals surface area (Å²) in [6, 6.07) is 4.79. The van der Waals surface area contributed by atoms with E-state index in [-0.39, 0.29) is 36.6 Å². The number of halogens is 1. The van der Waals surface area contributed by atoms with Crippen LogP contribution in [0.1, 0.15) is 32.6 Å². The second kappa shape index (κ2) is 9.48. The van der Waals surface area contributed by atoms with Crippen LogP contribution in [0.5, 0.6) is 0 Å². The van der Waals surface area contributed by atoms with Gasteiger partial charge in [-0.3, -0.25) is 14.5 Å². The molecule has 2 N–H and O–H groups in total. The molecule has 0 radical (unpaired) electrons. The molecule has 2 heterocycles. The Morgan fingerprint density at radius 3 is 2.61 bits per heavy atom. The number of anilines is 2. The molecule has 10 heteroatoms. The van der Waals surface area contributed by atoms with Crippen LogP contribution in [-0.2, 0) is 14.3 Å². The van der Waals surface area contributed by atoms with Crippen molar-refractivity contribution in [3.63, 3.8) is 0 Å². The highest BCUT2D eigenvalue weighted by Crippen LogP contribution is 2.31. The molecular formula is C23H26FN5O4. The lowest BCUT2D eigenvalue weighted by Gasteiger charge is -2.31. The minimum absolute atomic E-state index is 0.165. The van der Waals surface area contributed by atoms with E-state index in [0.717, 1.165) is 18.4 Å². The van der Waals surface area contributed by atoms with E-state index < -0.39 is 18.0 Å². The first kappa shape index (κ1) is 22.6. The van der Waals surface area contributed by atoms with Gasteiger partial charge >= 0.3 is 6.09 Å². The molecule has 1 atom stereocenters. The highest BCUT2D eigenvalue weighted by atomic mass is 19.1. The Labute approximate surface area is 191 Å².